The highest BCUT2D eigenvalue weighted by Crippen LogP contribution is 2.37. The van der Waals surface area contributed by atoms with Crippen LogP contribution < -0.4 is 18.9 Å². The first-order valence-corrected chi connectivity index (χ1v) is 16.1. The minimum absolute atomic E-state index is 0.106. The number of hydrogen-bond acceptors (Lipinski definition) is 14. The third-order valence-corrected chi connectivity index (χ3v) is 9.71. The number of esters is 2. The lowest BCUT2D eigenvalue weighted by Crippen LogP contribution is -2.30. The summed E-state index contributed by atoms with van der Waals surface area (Å²) < 4.78 is 32.4. The second-order valence-corrected chi connectivity index (χ2v) is 14.5. The van der Waals surface area contributed by atoms with Crippen molar-refractivity contribution in [2.45, 2.75) is 62.4 Å². The molecule has 0 saturated heterocycles. The molecule has 250 valence electrons. The van der Waals surface area contributed by atoms with Gasteiger partial charge in [-0.2, -0.15) is 19.9 Å². The summed E-state index contributed by atoms with van der Waals surface area (Å²) in [5.74, 6) is 0.455. The van der Waals surface area contributed by atoms with Crippen LogP contribution in [-0.4, -0.2) is 84.0 Å². The van der Waals surface area contributed by atoms with E-state index >= 15 is 0 Å². The molecule has 0 fully saturated rings. The zero-order valence-corrected chi connectivity index (χ0v) is 29.5. The Hall–Kier alpha value is -3.78. The first-order valence-electron chi connectivity index (χ1n) is 14.4. The zero-order valence-electron chi connectivity index (χ0n) is 27.9. The summed E-state index contributed by atoms with van der Waals surface area (Å²) in [6.07, 6.45) is 0. The molecule has 0 spiro atoms. The fourth-order valence-electron chi connectivity index (χ4n) is 3.68. The topological polar surface area (TPSA) is 141 Å². The van der Waals surface area contributed by atoms with Crippen LogP contribution >= 0.6 is 23.5 Å². The minimum atomic E-state index is -0.517. The molecule has 0 saturated carbocycles. The quantitative estimate of drug-likeness (QED) is 0.112. The Morgan fingerprint density at radius 2 is 0.870 bits per heavy atom. The van der Waals surface area contributed by atoms with E-state index in [9.17, 15) is 9.59 Å². The second-order valence-electron chi connectivity index (χ2n) is 12.2. The van der Waals surface area contributed by atoms with Gasteiger partial charge in [0.05, 0.1) is 62.2 Å². The molecule has 3 aromatic rings. The molecule has 1 aromatic carbocycles. The molecule has 12 nitrogen and oxygen atoms in total. The maximum Gasteiger partial charge on any atom is 0.338 e. The van der Waals surface area contributed by atoms with Crippen LogP contribution in [0.1, 0.15) is 62.3 Å². The van der Waals surface area contributed by atoms with Crippen LogP contribution in [-0.2, 0) is 9.47 Å². The van der Waals surface area contributed by atoms with E-state index in [0.717, 1.165) is 0 Å². The average Bonchev–Trinajstić information content (AvgIpc) is 3.03. The molecule has 0 N–H and O–H groups in total. The van der Waals surface area contributed by atoms with Gasteiger partial charge in [-0.25, -0.2) is 9.59 Å². The Kier molecular flexibility index (Phi) is 12.9. The van der Waals surface area contributed by atoms with Gasteiger partial charge in [0.25, 0.3) is 0 Å². The summed E-state index contributed by atoms with van der Waals surface area (Å²) in [6, 6.07) is 9.35. The lowest BCUT2D eigenvalue weighted by atomic mass is 9.92. The van der Waals surface area contributed by atoms with E-state index in [2.05, 4.69) is 19.9 Å². The van der Waals surface area contributed by atoms with Crippen LogP contribution in [0, 0.1) is 10.8 Å². The summed E-state index contributed by atoms with van der Waals surface area (Å²) in [7, 11) is 6.07. The number of carbonyl (C=O) groups excluding carboxylic acids is 2. The van der Waals surface area contributed by atoms with E-state index in [4.69, 9.17) is 28.4 Å². The van der Waals surface area contributed by atoms with Gasteiger partial charge >= 0.3 is 11.9 Å². The molecule has 2 atom stereocenters. The normalized spacial score (nSPS) is 12.9. The fraction of sp³-hybridized carbons (Fsp3) is 0.500. The number of benzene rings is 1. The predicted octanol–water partition coefficient (Wildman–Crippen LogP) is 6.03. The van der Waals surface area contributed by atoms with Gasteiger partial charge in [0.15, 0.2) is 10.3 Å². The number of carbonyl (C=O) groups is 2. The van der Waals surface area contributed by atoms with E-state index in [-0.39, 0.29) is 34.5 Å². The van der Waals surface area contributed by atoms with Crippen LogP contribution in [0.25, 0.3) is 0 Å². The van der Waals surface area contributed by atoms with Crippen molar-refractivity contribution in [2.24, 2.45) is 10.8 Å². The summed E-state index contributed by atoms with van der Waals surface area (Å²) in [5, 5.41) is 0.523. The highest BCUT2D eigenvalue weighted by molar-refractivity contribution is 8.00. The summed E-state index contributed by atoms with van der Waals surface area (Å²) >= 11 is 2.74. The lowest BCUT2D eigenvalue weighted by Gasteiger charge is -2.29. The number of nitrogens with zero attached hydrogens (tertiary/aromatic N) is 4. The van der Waals surface area contributed by atoms with E-state index in [1.165, 1.54) is 52.0 Å². The van der Waals surface area contributed by atoms with E-state index in [1.807, 2.05) is 41.5 Å². The number of rotatable bonds is 14. The number of methoxy groups -OCH3 is 4. The zero-order chi connectivity index (χ0) is 34.1. The Bertz CT molecular complexity index is 1320. The Morgan fingerprint density at radius 3 is 1.11 bits per heavy atom. The molecular weight excluding hydrogens is 633 g/mol. The van der Waals surface area contributed by atoms with E-state index in [0.29, 0.717) is 45.0 Å². The van der Waals surface area contributed by atoms with Crippen molar-refractivity contribution in [2.75, 3.05) is 41.7 Å². The number of hydrogen-bond donors (Lipinski definition) is 0. The van der Waals surface area contributed by atoms with Crippen LogP contribution in [0.5, 0.6) is 23.5 Å². The molecule has 2 aromatic heterocycles. The molecule has 2 unspecified atom stereocenters. The van der Waals surface area contributed by atoms with Gasteiger partial charge in [-0.15, -0.1) is 0 Å². The number of aromatic nitrogens is 4. The molecule has 0 aliphatic carbocycles. The van der Waals surface area contributed by atoms with Crippen LogP contribution in [0.15, 0.2) is 46.7 Å². The first-order chi connectivity index (χ1) is 21.7. The number of ether oxygens (including phenoxy) is 6. The van der Waals surface area contributed by atoms with Gasteiger partial charge in [0.1, 0.15) is 13.2 Å². The van der Waals surface area contributed by atoms with Crippen molar-refractivity contribution < 1.29 is 38.0 Å². The lowest BCUT2D eigenvalue weighted by molar-refractivity contribution is 0.0459. The van der Waals surface area contributed by atoms with Crippen molar-refractivity contribution >= 4 is 35.5 Å². The van der Waals surface area contributed by atoms with Crippen molar-refractivity contribution in [1.29, 1.82) is 0 Å². The van der Waals surface area contributed by atoms with Crippen molar-refractivity contribution in [3.8, 4) is 23.5 Å². The molecule has 14 heteroatoms. The molecule has 0 aliphatic rings. The van der Waals surface area contributed by atoms with E-state index in [1.54, 1.807) is 36.4 Å². The Balaban J connectivity index is 1.63. The SMILES string of the molecule is COc1cc(OC)nc(SC(COC(=O)c2ccc(C(=O)OCC(Sc3nc(OC)cc(OC)n3)C(C)(C)C)cc2)C(C)(C)C)n1. The third-order valence-electron chi connectivity index (χ3n) is 6.67. The first kappa shape index (κ1) is 36.7. The minimum Gasteiger partial charge on any atom is -0.481 e. The summed E-state index contributed by atoms with van der Waals surface area (Å²) in [4.78, 5) is 43.4. The second kappa shape index (κ2) is 16.2. The highest BCUT2D eigenvalue weighted by Gasteiger charge is 2.30. The Morgan fingerprint density at radius 1 is 0.587 bits per heavy atom. The van der Waals surface area contributed by atoms with Crippen molar-refractivity contribution in [3.05, 3.63) is 47.5 Å². The molecule has 0 bridgehead atoms. The van der Waals surface area contributed by atoms with Crippen LogP contribution in [0.2, 0.25) is 0 Å². The molecule has 0 aliphatic heterocycles. The van der Waals surface area contributed by atoms with E-state index < -0.39 is 11.9 Å². The molecule has 0 radical (unpaired) electrons. The van der Waals surface area contributed by atoms with Gasteiger partial charge in [0, 0.05) is 0 Å². The van der Waals surface area contributed by atoms with Crippen LogP contribution in [0.3, 0.4) is 0 Å². The van der Waals surface area contributed by atoms with Crippen LogP contribution in [0.4, 0.5) is 0 Å². The molecule has 0 amide bonds. The maximum absolute atomic E-state index is 12.9. The Labute approximate surface area is 278 Å². The monoisotopic (exact) mass is 674 g/mol. The summed E-state index contributed by atoms with van der Waals surface area (Å²) in [6.45, 7) is 12.5. The average molecular weight is 675 g/mol. The van der Waals surface area contributed by atoms with Crippen molar-refractivity contribution in [3.63, 3.8) is 0 Å². The van der Waals surface area contributed by atoms with Gasteiger partial charge in [-0.05, 0) is 35.1 Å². The smallest absolute Gasteiger partial charge is 0.338 e. The summed E-state index contributed by atoms with van der Waals surface area (Å²) in [5.41, 5.74) is 0.0970. The molecule has 2 heterocycles. The standard InChI is InChI=1S/C32H42N4O8S2/c1-31(2,3)21(45-29-33-23(39-7)15-24(34-29)40-8)17-43-27(37)19-11-13-20(14-12-19)28(38)44-18-22(32(4,5)6)46-30-35-25(41-9)16-26(36-30)42-10/h11-16,21-22H,17-18H2,1-10H3. The fourth-order valence-corrected chi connectivity index (χ4v) is 5.74. The van der Waals surface area contributed by atoms with Gasteiger partial charge < -0.3 is 28.4 Å². The van der Waals surface area contributed by atoms with Crippen molar-refractivity contribution in [1.82, 2.24) is 19.9 Å². The highest BCUT2D eigenvalue weighted by atomic mass is 32.2. The molecule has 46 heavy (non-hydrogen) atoms. The predicted molar refractivity (Wildman–Crippen MR) is 175 cm³/mol. The molecule has 3 rings (SSSR count). The number of thioether (sulfide) groups is 2. The van der Waals surface area contributed by atoms with Gasteiger partial charge in [-0.1, -0.05) is 65.1 Å². The maximum atomic E-state index is 12.9. The van der Waals surface area contributed by atoms with Gasteiger partial charge in [-0.3, -0.25) is 0 Å². The largest absolute Gasteiger partial charge is 0.481 e. The third kappa shape index (κ3) is 10.6. The van der Waals surface area contributed by atoms with Gasteiger partial charge in [0.2, 0.25) is 23.5 Å². The molecular formula is C32H42N4O8S2.